The number of hydrogen-bond acceptors (Lipinski definition) is 4. The van der Waals surface area contributed by atoms with Crippen molar-refractivity contribution in [2.24, 2.45) is 0 Å². The second kappa shape index (κ2) is 12.6. The van der Waals surface area contributed by atoms with E-state index in [1.807, 2.05) is 60.9 Å². The summed E-state index contributed by atoms with van der Waals surface area (Å²) in [5.74, 6) is 1.16. The van der Waals surface area contributed by atoms with E-state index < -0.39 is 0 Å². The summed E-state index contributed by atoms with van der Waals surface area (Å²) in [6.07, 6.45) is 3.74. The van der Waals surface area contributed by atoms with Crippen LogP contribution in [0.1, 0.15) is 0 Å². The number of hydrogen-bond donors (Lipinski definition) is 0. The summed E-state index contributed by atoms with van der Waals surface area (Å²) < 4.78 is 11.1. The molecular weight excluding hydrogens is 870 g/mol. The van der Waals surface area contributed by atoms with Crippen LogP contribution in [0, 0.1) is 12.1 Å². The molecule has 6 aromatic heterocycles. The Bertz CT molecular complexity index is 3450. The number of aromatic nitrogens is 5. The molecule has 6 aromatic carbocycles. The van der Waals surface area contributed by atoms with Crippen molar-refractivity contribution in [2.75, 3.05) is 0 Å². The summed E-state index contributed by atoms with van der Waals surface area (Å²) in [4.78, 5) is 15.2. The molecule has 0 fully saturated rings. The molecule has 0 radical (unpaired) electrons. The van der Waals surface area contributed by atoms with Crippen molar-refractivity contribution in [3.63, 3.8) is 0 Å². The zero-order valence-electron chi connectivity index (χ0n) is 29.5. The molecule has 0 aliphatic carbocycles. The number of nitrogens with zero attached hydrogens (tertiary/aromatic N) is 5. The van der Waals surface area contributed by atoms with Crippen LogP contribution in [-0.4, -0.2) is 23.8 Å². The number of rotatable bonds is 5. The summed E-state index contributed by atoms with van der Waals surface area (Å²) in [5, 5.41) is 7.43. The maximum atomic E-state index is 6.66. The van der Waals surface area contributed by atoms with Crippen molar-refractivity contribution < 1.29 is 25.8 Å². The van der Waals surface area contributed by atoms with Crippen LogP contribution in [0.2, 0.25) is 0 Å². The largest absolute Gasteiger partial charge is 2.00 e. The quantitative estimate of drug-likeness (QED) is 0.128. The summed E-state index contributed by atoms with van der Waals surface area (Å²) in [6, 6.07) is 59.4. The first-order chi connectivity index (χ1) is 27.3. The van der Waals surface area contributed by atoms with Gasteiger partial charge in [-0.15, -0.1) is 29.7 Å². The van der Waals surface area contributed by atoms with Gasteiger partial charge in [-0.05, 0) is 34.0 Å². The average molecular weight is 897 g/mol. The van der Waals surface area contributed by atoms with Crippen LogP contribution in [0.15, 0.2) is 164 Å². The summed E-state index contributed by atoms with van der Waals surface area (Å²) in [6.45, 7) is 0. The number of benzene rings is 6. The van der Waals surface area contributed by atoms with E-state index in [-0.39, 0.29) is 21.1 Å². The number of pyridine rings is 3. The Labute approximate surface area is 334 Å². The van der Waals surface area contributed by atoms with Crippen molar-refractivity contribution >= 4 is 65.7 Å². The van der Waals surface area contributed by atoms with Gasteiger partial charge in [0.2, 0.25) is 0 Å². The van der Waals surface area contributed by atoms with Crippen LogP contribution >= 0.6 is 0 Å². The van der Waals surface area contributed by atoms with Crippen LogP contribution in [0.4, 0.5) is 0 Å². The number of para-hydroxylation sites is 1. The van der Waals surface area contributed by atoms with E-state index in [1.54, 1.807) is 0 Å². The molecule has 0 atom stereocenters. The molecule has 12 rings (SSSR count). The van der Waals surface area contributed by atoms with Gasteiger partial charge in [-0.2, -0.15) is 6.07 Å². The minimum Gasteiger partial charge on any atom is -0.503 e. The molecule has 6 heterocycles. The molecule has 0 spiro atoms. The smallest absolute Gasteiger partial charge is 0.503 e. The van der Waals surface area contributed by atoms with E-state index in [0.29, 0.717) is 11.5 Å². The molecule has 56 heavy (non-hydrogen) atoms. The van der Waals surface area contributed by atoms with Crippen molar-refractivity contribution in [1.82, 2.24) is 23.8 Å². The van der Waals surface area contributed by atoms with E-state index in [0.717, 1.165) is 93.9 Å². The Balaban J connectivity index is 0.00000363. The van der Waals surface area contributed by atoms with Crippen molar-refractivity contribution in [3.8, 4) is 45.1 Å². The van der Waals surface area contributed by atoms with Crippen molar-refractivity contribution in [3.05, 3.63) is 176 Å². The standard InChI is InChI=1S/C49H27N5O.Pt/c1-4-12-30(13-5-1)35-25-27-51-49-43(35)40-19-10-18-38-37-24-22-34(29-42(37)53(49)46(38)40)55-33-21-23-36-39-20-11-26-50-47(39)54-45(32-16-8-3-9-17-32)44(31-14-6-2-7-15-31)52-48(54)41(36)28-33;/h1-27H;/q-2;+2. The Morgan fingerprint density at radius 2 is 1.12 bits per heavy atom. The van der Waals surface area contributed by atoms with E-state index in [4.69, 9.17) is 19.7 Å². The van der Waals surface area contributed by atoms with Crippen LogP contribution in [0.3, 0.4) is 0 Å². The minimum atomic E-state index is 0. The van der Waals surface area contributed by atoms with Gasteiger partial charge in [0.15, 0.2) is 0 Å². The van der Waals surface area contributed by atoms with E-state index in [9.17, 15) is 0 Å². The third-order valence-electron chi connectivity index (χ3n) is 10.8. The van der Waals surface area contributed by atoms with Crippen LogP contribution in [0.5, 0.6) is 11.5 Å². The molecule has 0 aliphatic rings. The van der Waals surface area contributed by atoms with E-state index in [1.165, 1.54) is 5.39 Å². The third kappa shape index (κ3) is 4.69. The van der Waals surface area contributed by atoms with Gasteiger partial charge in [0.25, 0.3) is 0 Å². The average Bonchev–Trinajstić information content (AvgIpc) is 3.93. The summed E-state index contributed by atoms with van der Waals surface area (Å²) in [7, 11) is 0. The molecule has 0 saturated carbocycles. The molecule has 0 saturated heterocycles. The number of fused-ring (bicyclic) bond motifs is 12. The van der Waals surface area contributed by atoms with Gasteiger partial charge in [-0.1, -0.05) is 138 Å². The number of ether oxygens (including phenoxy) is 1. The van der Waals surface area contributed by atoms with Crippen LogP contribution in [-0.2, 0) is 21.1 Å². The van der Waals surface area contributed by atoms with E-state index in [2.05, 4.69) is 124 Å². The molecule has 0 N–H and O–H groups in total. The zero-order chi connectivity index (χ0) is 36.0. The fourth-order valence-electron chi connectivity index (χ4n) is 8.48. The maximum Gasteiger partial charge on any atom is 2.00 e. The Morgan fingerprint density at radius 1 is 0.464 bits per heavy atom. The minimum absolute atomic E-state index is 0. The topological polar surface area (TPSA) is 56.7 Å². The second-order valence-electron chi connectivity index (χ2n) is 13.8. The van der Waals surface area contributed by atoms with Crippen molar-refractivity contribution in [1.29, 1.82) is 0 Å². The molecule has 0 unspecified atom stereocenters. The second-order valence-corrected chi connectivity index (χ2v) is 13.8. The first kappa shape index (κ1) is 32.5. The van der Waals surface area contributed by atoms with Gasteiger partial charge in [0.05, 0.1) is 17.0 Å². The fraction of sp³-hybridized carbons (Fsp3) is 0. The molecule has 0 bridgehead atoms. The monoisotopic (exact) mass is 896 g/mol. The molecule has 264 valence electrons. The Morgan fingerprint density at radius 3 is 1.91 bits per heavy atom. The molecule has 0 aliphatic heterocycles. The van der Waals surface area contributed by atoms with Gasteiger partial charge in [0, 0.05) is 51.3 Å². The predicted molar refractivity (Wildman–Crippen MR) is 221 cm³/mol. The third-order valence-corrected chi connectivity index (χ3v) is 10.8. The molecular formula is C49H27N5OPt. The first-order valence-corrected chi connectivity index (χ1v) is 18.3. The van der Waals surface area contributed by atoms with Gasteiger partial charge < -0.3 is 13.5 Å². The Kier molecular flexibility index (Phi) is 7.32. The fourth-order valence-corrected chi connectivity index (χ4v) is 8.48. The number of imidazole rings is 1. The predicted octanol–water partition coefficient (Wildman–Crippen LogP) is 12.0. The van der Waals surface area contributed by atoms with Gasteiger partial charge in [-0.25, -0.2) is 9.97 Å². The Hall–Kier alpha value is -6.88. The molecule has 7 heteroatoms. The first-order valence-electron chi connectivity index (χ1n) is 18.3. The molecule has 12 aromatic rings. The van der Waals surface area contributed by atoms with Crippen LogP contribution in [0.25, 0.3) is 99.3 Å². The summed E-state index contributed by atoms with van der Waals surface area (Å²) in [5.41, 5.74) is 10.8. The van der Waals surface area contributed by atoms with Gasteiger partial charge in [-0.3, -0.25) is 4.98 Å². The molecule has 0 amide bonds. The summed E-state index contributed by atoms with van der Waals surface area (Å²) >= 11 is 0. The van der Waals surface area contributed by atoms with Gasteiger partial charge in [0.1, 0.15) is 11.3 Å². The maximum absolute atomic E-state index is 6.66. The molecule has 6 nitrogen and oxygen atoms in total. The SMILES string of the molecule is [Pt+2].[c-]1c(Oc2[c-]c3c(cc2)c2cccc4c5c(-c6ccccc6)ccnc5n3c24)ccc2c1c1nc(-c3ccccc3)c(-c3ccccc3)n1c1ncccc21. The zero-order valence-corrected chi connectivity index (χ0v) is 31.8. The van der Waals surface area contributed by atoms with Gasteiger partial charge >= 0.3 is 21.1 Å². The van der Waals surface area contributed by atoms with Crippen LogP contribution < -0.4 is 4.74 Å². The van der Waals surface area contributed by atoms with E-state index >= 15 is 0 Å². The normalized spacial score (nSPS) is 11.8. The van der Waals surface area contributed by atoms with Crippen molar-refractivity contribution in [2.45, 2.75) is 0 Å².